The van der Waals surface area contributed by atoms with Crippen molar-refractivity contribution in [3.8, 4) is 0 Å². The minimum absolute atomic E-state index is 0.00117. The molecule has 0 aliphatic rings. The SMILES string of the molecule is Cc1nc2ccccc2n1CCCNC(=O)CCC(=O)c1ccccc1. The summed E-state index contributed by atoms with van der Waals surface area (Å²) in [5.74, 6) is 0.897. The topological polar surface area (TPSA) is 64.0 Å². The predicted molar refractivity (Wildman–Crippen MR) is 102 cm³/mol. The molecule has 3 rings (SSSR count). The van der Waals surface area contributed by atoms with Crippen molar-refractivity contribution in [3.63, 3.8) is 0 Å². The Morgan fingerprint density at radius 2 is 1.73 bits per heavy atom. The van der Waals surface area contributed by atoms with Crippen LogP contribution in [0.4, 0.5) is 0 Å². The normalized spacial score (nSPS) is 10.8. The van der Waals surface area contributed by atoms with E-state index >= 15 is 0 Å². The van der Waals surface area contributed by atoms with E-state index in [9.17, 15) is 9.59 Å². The number of hydrogen-bond acceptors (Lipinski definition) is 3. The molecule has 2 aromatic carbocycles. The Balaban J connectivity index is 1.41. The lowest BCUT2D eigenvalue weighted by molar-refractivity contribution is -0.121. The number of ketones is 1. The smallest absolute Gasteiger partial charge is 0.220 e. The minimum Gasteiger partial charge on any atom is -0.356 e. The van der Waals surface area contributed by atoms with Crippen molar-refractivity contribution < 1.29 is 9.59 Å². The lowest BCUT2D eigenvalue weighted by Crippen LogP contribution is -2.25. The van der Waals surface area contributed by atoms with E-state index in [0.29, 0.717) is 12.1 Å². The molecule has 5 heteroatoms. The molecule has 0 atom stereocenters. The van der Waals surface area contributed by atoms with Crippen LogP contribution in [0.25, 0.3) is 11.0 Å². The fourth-order valence-corrected chi connectivity index (χ4v) is 3.03. The van der Waals surface area contributed by atoms with Crippen LogP contribution in [0.15, 0.2) is 54.6 Å². The molecule has 3 aromatic rings. The summed E-state index contributed by atoms with van der Waals surface area (Å²) in [5, 5.41) is 2.89. The second-order valence-corrected chi connectivity index (χ2v) is 6.29. The molecule has 0 bridgehead atoms. The van der Waals surface area contributed by atoms with Crippen LogP contribution in [-0.2, 0) is 11.3 Å². The largest absolute Gasteiger partial charge is 0.356 e. The standard InChI is InChI=1S/C21H23N3O2/c1-16-23-18-10-5-6-11-19(18)24(16)15-7-14-22-21(26)13-12-20(25)17-8-3-2-4-9-17/h2-6,8-11H,7,12-15H2,1H3,(H,22,26). The highest BCUT2D eigenvalue weighted by Gasteiger charge is 2.09. The molecule has 134 valence electrons. The van der Waals surface area contributed by atoms with Crippen molar-refractivity contribution in [1.82, 2.24) is 14.9 Å². The molecule has 0 aliphatic heterocycles. The van der Waals surface area contributed by atoms with Gasteiger partial charge in [0, 0.05) is 31.5 Å². The number of benzene rings is 2. The van der Waals surface area contributed by atoms with E-state index in [-0.39, 0.29) is 24.5 Å². The van der Waals surface area contributed by atoms with Crippen molar-refractivity contribution in [1.29, 1.82) is 0 Å². The molecular formula is C21H23N3O2. The average Bonchev–Trinajstić information content (AvgIpc) is 2.99. The van der Waals surface area contributed by atoms with E-state index in [1.807, 2.05) is 43.3 Å². The van der Waals surface area contributed by atoms with Gasteiger partial charge in [0.2, 0.25) is 5.91 Å². The number of carbonyl (C=O) groups excluding carboxylic acids is 2. The van der Waals surface area contributed by atoms with Crippen LogP contribution in [0.5, 0.6) is 0 Å². The molecule has 0 unspecified atom stereocenters. The third kappa shape index (κ3) is 4.36. The molecule has 1 heterocycles. The summed E-state index contributed by atoms with van der Waals surface area (Å²) in [5.41, 5.74) is 2.76. The lowest BCUT2D eigenvalue weighted by atomic mass is 10.1. The van der Waals surface area contributed by atoms with Crippen molar-refractivity contribution >= 4 is 22.7 Å². The third-order valence-corrected chi connectivity index (χ3v) is 4.40. The van der Waals surface area contributed by atoms with Gasteiger partial charge in [0.15, 0.2) is 5.78 Å². The molecule has 1 amide bonds. The molecule has 0 spiro atoms. The summed E-state index contributed by atoms with van der Waals surface area (Å²) in [7, 11) is 0. The molecule has 0 fully saturated rings. The van der Waals surface area contributed by atoms with Crippen molar-refractivity contribution in [2.75, 3.05) is 6.54 Å². The monoisotopic (exact) mass is 349 g/mol. The van der Waals surface area contributed by atoms with E-state index in [2.05, 4.69) is 20.9 Å². The van der Waals surface area contributed by atoms with Gasteiger partial charge in [-0.3, -0.25) is 9.59 Å². The van der Waals surface area contributed by atoms with E-state index in [0.717, 1.165) is 29.8 Å². The van der Waals surface area contributed by atoms with Crippen molar-refractivity contribution in [2.45, 2.75) is 32.7 Å². The number of nitrogens with zero attached hydrogens (tertiary/aromatic N) is 2. The van der Waals surface area contributed by atoms with Crippen molar-refractivity contribution in [3.05, 3.63) is 66.0 Å². The second kappa shape index (κ2) is 8.43. The first-order chi connectivity index (χ1) is 12.6. The fourth-order valence-electron chi connectivity index (χ4n) is 3.03. The number of hydrogen-bond donors (Lipinski definition) is 1. The zero-order chi connectivity index (χ0) is 18.4. The third-order valence-electron chi connectivity index (χ3n) is 4.40. The first-order valence-electron chi connectivity index (χ1n) is 8.92. The maximum atomic E-state index is 12.0. The van der Waals surface area contributed by atoms with E-state index in [1.165, 1.54) is 0 Å². The van der Waals surface area contributed by atoms with Gasteiger partial charge in [0.05, 0.1) is 11.0 Å². The molecule has 0 saturated carbocycles. The van der Waals surface area contributed by atoms with E-state index in [1.54, 1.807) is 12.1 Å². The van der Waals surface area contributed by atoms with Crippen LogP contribution in [0.3, 0.4) is 0 Å². The molecule has 1 N–H and O–H groups in total. The molecule has 26 heavy (non-hydrogen) atoms. The van der Waals surface area contributed by atoms with Crippen molar-refractivity contribution in [2.24, 2.45) is 0 Å². The summed E-state index contributed by atoms with van der Waals surface area (Å²) in [6.07, 6.45) is 1.28. The summed E-state index contributed by atoms with van der Waals surface area (Å²) in [6, 6.07) is 17.1. The highest BCUT2D eigenvalue weighted by atomic mass is 16.2. The van der Waals surface area contributed by atoms with Gasteiger partial charge < -0.3 is 9.88 Å². The summed E-state index contributed by atoms with van der Waals surface area (Å²) in [4.78, 5) is 28.5. The highest BCUT2D eigenvalue weighted by molar-refractivity contribution is 5.97. The van der Waals surface area contributed by atoms with Gasteiger partial charge in [-0.15, -0.1) is 0 Å². The first kappa shape index (κ1) is 17.9. The Morgan fingerprint density at radius 1 is 1.00 bits per heavy atom. The number of aryl methyl sites for hydroxylation is 2. The summed E-state index contributed by atoms with van der Waals surface area (Å²) < 4.78 is 2.17. The zero-order valence-electron chi connectivity index (χ0n) is 14.9. The number of aromatic nitrogens is 2. The molecule has 5 nitrogen and oxygen atoms in total. The van der Waals surface area contributed by atoms with Crippen LogP contribution in [0.2, 0.25) is 0 Å². The average molecular weight is 349 g/mol. The van der Waals surface area contributed by atoms with Crippen LogP contribution < -0.4 is 5.32 Å². The number of rotatable bonds is 8. The molecule has 0 saturated heterocycles. The zero-order valence-corrected chi connectivity index (χ0v) is 14.9. The number of imidazole rings is 1. The molecule has 1 aromatic heterocycles. The van der Waals surface area contributed by atoms with Crippen LogP contribution in [0.1, 0.15) is 35.4 Å². The second-order valence-electron chi connectivity index (χ2n) is 6.29. The number of Topliss-reactive ketones (excluding diaryl/α,β-unsaturated/α-hetero) is 1. The maximum absolute atomic E-state index is 12.0. The predicted octanol–water partition coefficient (Wildman–Crippen LogP) is 3.51. The Labute approximate surface area is 153 Å². The van der Waals surface area contributed by atoms with Gasteiger partial charge in [-0.25, -0.2) is 4.98 Å². The quantitative estimate of drug-likeness (QED) is 0.500. The van der Waals surface area contributed by atoms with Crippen LogP contribution in [-0.4, -0.2) is 27.8 Å². The fraction of sp³-hybridized carbons (Fsp3) is 0.286. The Morgan fingerprint density at radius 3 is 2.54 bits per heavy atom. The molecule has 0 aliphatic carbocycles. The van der Waals surface area contributed by atoms with Gasteiger partial charge in [0.25, 0.3) is 0 Å². The summed E-state index contributed by atoms with van der Waals surface area (Å²) in [6.45, 7) is 3.38. The first-order valence-corrected chi connectivity index (χ1v) is 8.92. The Bertz CT molecular complexity index is 900. The maximum Gasteiger partial charge on any atom is 0.220 e. The Hall–Kier alpha value is -2.95. The van der Waals surface area contributed by atoms with Gasteiger partial charge >= 0.3 is 0 Å². The Kier molecular flexibility index (Phi) is 5.79. The van der Waals surface area contributed by atoms with Gasteiger partial charge in [-0.2, -0.15) is 0 Å². The minimum atomic E-state index is -0.0820. The number of amides is 1. The highest BCUT2D eigenvalue weighted by Crippen LogP contribution is 2.15. The van der Waals surface area contributed by atoms with Crippen LogP contribution >= 0.6 is 0 Å². The molecular weight excluding hydrogens is 326 g/mol. The number of nitrogens with one attached hydrogen (secondary N) is 1. The number of para-hydroxylation sites is 2. The number of fused-ring (bicyclic) bond motifs is 1. The van der Waals surface area contributed by atoms with E-state index < -0.39 is 0 Å². The lowest BCUT2D eigenvalue weighted by Gasteiger charge is -2.08. The van der Waals surface area contributed by atoms with Gasteiger partial charge in [-0.05, 0) is 25.5 Å². The number of carbonyl (C=O) groups is 2. The van der Waals surface area contributed by atoms with Crippen LogP contribution in [0, 0.1) is 6.92 Å². The van der Waals surface area contributed by atoms with E-state index in [4.69, 9.17) is 0 Å². The van der Waals surface area contributed by atoms with Gasteiger partial charge in [0.1, 0.15) is 5.82 Å². The summed E-state index contributed by atoms with van der Waals surface area (Å²) >= 11 is 0. The molecule has 0 radical (unpaired) electrons. The van der Waals surface area contributed by atoms with Gasteiger partial charge in [-0.1, -0.05) is 42.5 Å².